The zero-order valence-electron chi connectivity index (χ0n) is 15.6. The van der Waals surface area contributed by atoms with Crippen molar-refractivity contribution in [3.8, 4) is 0 Å². The fraction of sp³-hybridized carbons (Fsp3) is 0.318. The summed E-state index contributed by atoms with van der Waals surface area (Å²) in [7, 11) is 0. The van der Waals surface area contributed by atoms with Crippen molar-refractivity contribution in [3.05, 3.63) is 71.4 Å². The molecule has 1 amide bonds. The van der Waals surface area contributed by atoms with E-state index in [1.54, 1.807) is 0 Å². The Hall–Kier alpha value is -2.79. The first kappa shape index (κ1) is 17.6. The van der Waals surface area contributed by atoms with E-state index in [1.165, 1.54) is 16.6 Å². The number of hydrogen-bond donors (Lipinski definition) is 2. The van der Waals surface area contributed by atoms with E-state index in [4.69, 9.17) is 4.74 Å². The molecule has 2 heterocycles. The molecule has 5 nitrogen and oxygen atoms in total. The van der Waals surface area contributed by atoms with Crippen molar-refractivity contribution in [1.82, 2.24) is 15.2 Å². The molecular formula is C22H25N3O2. The quantitative estimate of drug-likeness (QED) is 0.720. The molecule has 1 aliphatic heterocycles. The number of likely N-dealkylation sites (N-methyl/N-ethyl adjacent to an activating group) is 1. The molecular weight excluding hydrogens is 338 g/mol. The monoisotopic (exact) mass is 363 g/mol. The first-order chi connectivity index (χ1) is 13.3. The summed E-state index contributed by atoms with van der Waals surface area (Å²) in [4.78, 5) is 18.2. The van der Waals surface area contributed by atoms with Crippen LogP contribution in [-0.2, 0) is 17.8 Å². The van der Waals surface area contributed by atoms with Crippen LogP contribution in [0.4, 0.5) is 4.79 Å². The van der Waals surface area contributed by atoms with E-state index in [0.717, 1.165) is 30.6 Å². The molecule has 0 saturated heterocycles. The number of amides is 1. The zero-order chi connectivity index (χ0) is 18.6. The van der Waals surface area contributed by atoms with Crippen LogP contribution in [0.2, 0.25) is 0 Å². The number of H-pyrrole nitrogens is 1. The standard InChI is InChI=1S/C22H25N3O2/c1-2-25-13-12-18-17-10-6-7-11-19(17)24-21(18)20(25)14-23-22(26)27-15-16-8-4-3-5-9-16/h3-11,20,24H,2,12-15H2,1H3,(H,23,26). The third kappa shape index (κ3) is 3.69. The summed E-state index contributed by atoms with van der Waals surface area (Å²) in [6, 6.07) is 18.3. The molecule has 2 N–H and O–H groups in total. The van der Waals surface area contributed by atoms with Crippen molar-refractivity contribution in [1.29, 1.82) is 0 Å². The van der Waals surface area contributed by atoms with Gasteiger partial charge in [0.1, 0.15) is 6.61 Å². The second-order valence-corrected chi connectivity index (χ2v) is 6.90. The number of fused-ring (bicyclic) bond motifs is 3. The largest absolute Gasteiger partial charge is 0.445 e. The average Bonchev–Trinajstić information content (AvgIpc) is 3.10. The SMILES string of the molecule is CCN1CCc2c([nH]c3ccccc23)C1CNC(=O)OCc1ccccc1. The lowest BCUT2D eigenvalue weighted by Crippen LogP contribution is -2.42. The van der Waals surface area contributed by atoms with Gasteiger partial charge in [-0.1, -0.05) is 55.5 Å². The lowest BCUT2D eigenvalue weighted by Gasteiger charge is -2.35. The molecule has 27 heavy (non-hydrogen) atoms. The molecule has 140 valence electrons. The summed E-state index contributed by atoms with van der Waals surface area (Å²) in [5, 5.41) is 4.24. The normalized spacial score (nSPS) is 16.9. The minimum absolute atomic E-state index is 0.135. The van der Waals surface area contributed by atoms with Gasteiger partial charge in [0.2, 0.25) is 0 Å². The molecule has 0 fully saturated rings. The molecule has 1 aromatic heterocycles. The van der Waals surface area contributed by atoms with Crippen LogP contribution in [0.25, 0.3) is 10.9 Å². The van der Waals surface area contributed by atoms with Crippen LogP contribution in [0.1, 0.15) is 29.8 Å². The van der Waals surface area contributed by atoms with Gasteiger partial charge in [0.05, 0.1) is 6.04 Å². The van der Waals surface area contributed by atoms with Gasteiger partial charge >= 0.3 is 6.09 Å². The highest BCUT2D eigenvalue weighted by Crippen LogP contribution is 2.33. The molecule has 5 heteroatoms. The van der Waals surface area contributed by atoms with Crippen LogP contribution in [0, 0.1) is 0 Å². The minimum atomic E-state index is -0.377. The number of rotatable bonds is 5. The van der Waals surface area contributed by atoms with Crippen molar-refractivity contribution in [2.24, 2.45) is 0 Å². The molecule has 1 aliphatic rings. The van der Waals surface area contributed by atoms with Crippen molar-refractivity contribution in [2.45, 2.75) is 26.0 Å². The Morgan fingerprint density at radius 1 is 1.19 bits per heavy atom. The summed E-state index contributed by atoms with van der Waals surface area (Å²) >= 11 is 0. The molecule has 3 aromatic rings. The van der Waals surface area contributed by atoms with E-state index < -0.39 is 0 Å². The van der Waals surface area contributed by atoms with Gasteiger partial charge in [-0.25, -0.2) is 4.79 Å². The van der Waals surface area contributed by atoms with E-state index in [9.17, 15) is 4.79 Å². The van der Waals surface area contributed by atoms with Crippen LogP contribution < -0.4 is 5.32 Å². The molecule has 2 aromatic carbocycles. The molecule has 1 atom stereocenters. The highest BCUT2D eigenvalue weighted by Gasteiger charge is 2.29. The number of hydrogen-bond acceptors (Lipinski definition) is 3. The maximum atomic E-state index is 12.2. The Bertz CT molecular complexity index is 920. The van der Waals surface area contributed by atoms with Gasteiger partial charge < -0.3 is 15.0 Å². The summed E-state index contributed by atoms with van der Waals surface area (Å²) in [6.07, 6.45) is 0.653. The Morgan fingerprint density at radius 2 is 1.96 bits per heavy atom. The fourth-order valence-electron chi connectivity index (χ4n) is 3.93. The second kappa shape index (κ2) is 7.84. The summed E-state index contributed by atoms with van der Waals surface area (Å²) in [5.41, 5.74) is 4.74. The van der Waals surface area contributed by atoms with E-state index in [1.807, 2.05) is 30.3 Å². The summed E-state index contributed by atoms with van der Waals surface area (Å²) in [6.45, 7) is 4.92. The van der Waals surface area contributed by atoms with Crippen molar-refractivity contribution in [2.75, 3.05) is 19.6 Å². The van der Waals surface area contributed by atoms with Gasteiger partial charge in [0.15, 0.2) is 0 Å². The Labute approximate surface area is 159 Å². The number of carbonyl (C=O) groups is 1. The first-order valence-corrected chi connectivity index (χ1v) is 9.54. The Morgan fingerprint density at radius 3 is 2.78 bits per heavy atom. The number of nitrogens with one attached hydrogen (secondary N) is 2. The van der Waals surface area contributed by atoms with Gasteiger partial charge in [0, 0.05) is 29.7 Å². The average molecular weight is 363 g/mol. The Kier molecular flexibility index (Phi) is 5.12. The fourth-order valence-corrected chi connectivity index (χ4v) is 3.93. The molecule has 0 bridgehead atoms. The molecule has 4 rings (SSSR count). The van der Waals surface area contributed by atoms with Crippen LogP contribution in [0.3, 0.4) is 0 Å². The third-order valence-electron chi connectivity index (χ3n) is 5.33. The molecule has 0 radical (unpaired) electrons. The maximum Gasteiger partial charge on any atom is 0.407 e. The molecule has 0 saturated carbocycles. The van der Waals surface area contributed by atoms with Gasteiger partial charge in [-0.3, -0.25) is 4.90 Å². The number of aromatic nitrogens is 1. The van der Waals surface area contributed by atoms with E-state index in [2.05, 4.69) is 46.4 Å². The lowest BCUT2D eigenvalue weighted by atomic mass is 9.97. The number of aromatic amines is 1. The predicted molar refractivity (Wildman–Crippen MR) is 107 cm³/mol. The maximum absolute atomic E-state index is 12.2. The number of ether oxygens (including phenoxy) is 1. The molecule has 0 aliphatic carbocycles. The predicted octanol–water partition coefficient (Wildman–Crippen LogP) is 4.01. The third-order valence-corrected chi connectivity index (χ3v) is 5.33. The zero-order valence-corrected chi connectivity index (χ0v) is 15.6. The smallest absolute Gasteiger partial charge is 0.407 e. The van der Waals surface area contributed by atoms with Gasteiger partial charge in [-0.2, -0.15) is 0 Å². The van der Waals surface area contributed by atoms with Crippen molar-refractivity contribution >= 4 is 17.0 Å². The van der Waals surface area contributed by atoms with Crippen LogP contribution in [0.5, 0.6) is 0 Å². The van der Waals surface area contributed by atoms with Crippen LogP contribution >= 0.6 is 0 Å². The highest BCUT2D eigenvalue weighted by atomic mass is 16.5. The van der Waals surface area contributed by atoms with Gasteiger partial charge in [0.25, 0.3) is 0 Å². The number of para-hydroxylation sites is 1. The highest BCUT2D eigenvalue weighted by molar-refractivity contribution is 5.85. The summed E-state index contributed by atoms with van der Waals surface area (Å²) < 4.78 is 5.36. The minimum Gasteiger partial charge on any atom is -0.445 e. The topological polar surface area (TPSA) is 57.4 Å². The van der Waals surface area contributed by atoms with E-state index >= 15 is 0 Å². The lowest BCUT2D eigenvalue weighted by molar-refractivity contribution is 0.130. The van der Waals surface area contributed by atoms with E-state index in [-0.39, 0.29) is 18.7 Å². The number of benzene rings is 2. The van der Waals surface area contributed by atoms with Crippen LogP contribution in [-0.4, -0.2) is 35.6 Å². The van der Waals surface area contributed by atoms with Crippen molar-refractivity contribution < 1.29 is 9.53 Å². The Balaban J connectivity index is 1.45. The van der Waals surface area contributed by atoms with Gasteiger partial charge in [-0.15, -0.1) is 0 Å². The molecule has 0 spiro atoms. The number of nitrogens with zero attached hydrogens (tertiary/aromatic N) is 1. The van der Waals surface area contributed by atoms with Gasteiger partial charge in [-0.05, 0) is 30.2 Å². The molecule has 1 unspecified atom stereocenters. The summed E-state index contributed by atoms with van der Waals surface area (Å²) in [5.74, 6) is 0. The first-order valence-electron chi connectivity index (χ1n) is 9.54. The van der Waals surface area contributed by atoms with Crippen LogP contribution in [0.15, 0.2) is 54.6 Å². The number of alkyl carbamates (subject to hydrolysis) is 1. The van der Waals surface area contributed by atoms with Crippen molar-refractivity contribution in [3.63, 3.8) is 0 Å². The second-order valence-electron chi connectivity index (χ2n) is 6.90. The van der Waals surface area contributed by atoms with E-state index in [0.29, 0.717) is 6.54 Å². The number of carbonyl (C=O) groups excluding carboxylic acids is 1.